The number of aromatic hydroxyl groups is 1. The van der Waals surface area contributed by atoms with Gasteiger partial charge in [0.15, 0.2) is 0 Å². The van der Waals surface area contributed by atoms with Crippen LogP contribution in [0.15, 0.2) is 62.6 Å². The fourth-order valence-electron chi connectivity index (χ4n) is 2.72. The Hall–Kier alpha value is -2.40. The van der Waals surface area contributed by atoms with Gasteiger partial charge in [-0.2, -0.15) is 0 Å². The molecule has 0 fully saturated rings. The predicted molar refractivity (Wildman–Crippen MR) is 87.4 cm³/mol. The molecule has 1 aliphatic rings. The molecule has 0 spiro atoms. The number of nitrogens with one attached hydrogen (secondary N) is 1. The molecular weight excluding hydrogens is 298 g/mol. The second-order valence-corrected chi connectivity index (χ2v) is 6.89. The molecular formula is C17H13NO3S. The molecule has 1 aromatic heterocycles. The molecule has 0 saturated carbocycles. The van der Waals surface area contributed by atoms with E-state index in [1.54, 1.807) is 23.9 Å². The molecule has 110 valence electrons. The lowest BCUT2D eigenvalue weighted by atomic mass is 10.1. The van der Waals surface area contributed by atoms with Gasteiger partial charge in [0.05, 0.1) is 5.56 Å². The van der Waals surface area contributed by atoms with Crippen LogP contribution in [0.25, 0.3) is 11.0 Å². The lowest BCUT2D eigenvalue weighted by Crippen LogP contribution is -2.30. The van der Waals surface area contributed by atoms with Crippen molar-refractivity contribution in [3.05, 3.63) is 64.5 Å². The number of para-hydroxylation sites is 1. The fraction of sp³-hybridized carbons (Fsp3) is 0.118. The van der Waals surface area contributed by atoms with E-state index in [1.165, 1.54) is 6.07 Å². The summed E-state index contributed by atoms with van der Waals surface area (Å²) in [6.07, 6.45) is 0. The zero-order chi connectivity index (χ0) is 15.3. The van der Waals surface area contributed by atoms with E-state index in [9.17, 15) is 9.90 Å². The van der Waals surface area contributed by atoms with E-state index in [4.69, 9.17) is 4.42 Å². The highest BCUT2D eigenvalue weighted by Crippen LogP contribution is 2.50. The van der Waals surface area contributed by atoms with Gasteiger partial charge in [0.1, 0.15) is 16.2 Å². The average molecular weight is 311 g/mol. The Labute approximate surface area is 130 Å². The molecule has 1 aliphatic heterocycles. The number of rotatable bonds is 1. The van der Waals surface area contributed by atoms with Crippen molar-refractivity contribution in [3.8, 4) is 5.75 Å². The van der Waals surface area contributed by atoms with Crippen molar-refractivity contribution in [2.75, 3.05) is 5.32 Å². The Morgan fingerprint density at radius 3 is 2.82 bits per heavy atom. The van der Waals surface area contributed by atoms with Crippen molar-refractivity contribution in [1.82, 2.24) is 0 Å². The normalized spacial score (nSPS) is 19.9. The van der Waals surface area contributed by atoms with Gasteiger partial charge >= 0.3 is 5.63 Å². The molecule has 3 aromatic rings. The van der Waals surface area contributed by atoms with Gasteiger partial charge in [-0.05, 0) is 37.3 Å². The molecule has 1 unspecified atom stereocenters. The molecule has 4 nitrogen and oxygen atoms in total. The summed E-state index contributed by atoms with van der Waals surface area (Å²) < 4.78 is 5.38. The Morgan fingerprint density at radius 2 is 2.00 bits per heavy atom. The van der Waals surface area contributed by atoms with E-state index in [1.807, 2.05) is 37.3 Å². The van der Waals surface area contributed by atoms with Crippen molar-refractivity contribution in [1.29, 1.82) is 0 Å². The minimum atomic E-state index is -0.573. The highest BCUT2D eigenvalue weighted by Gasteiger charge is 2.37. The standard InChI is InChI=1S/C17H13NO3S/c1-17(18-13-4-2-3-5-15(13)22-17)12-8-10-6-7-11(19)9-14(10)21-16(12)20/h2-9,18-19H,1H3. The van der Waals surface area contributed by atoms with Crippen LogP contribution in [0, 0.1) is 0 Å². The molecule has 1 atom stereocenters. The van der Waals surface area contributed by atoms with Crippen molar-refractivity contribution in [3.63, 3.8) is 0 Å². The SMILES string of the molecule is CC1(c2cc3ccc(O)cc3oc2=O)Nc2ccccc2S1. The third kappa shape index (κ3) is 1.97. The largest absolute Gasteiger partial charge is 0.508 e. The zero-order valence-electron chi connectivity index (χ0n) is 11.8. The summed E-state index contributed by atoms with van der Waals surface area (Å²) in [6, 6.07) is 14.6. The summed E-state index contributed by atoms with van der Waals surface area (Å²) in [6.45, 7) is 1.97. The van der Waals surface area contributed by atoms with Crippen LogP contribution in [-0.2, 0) is 4.87 Å². The zero-order valence-corrected chi connectivity index (χ0v) is 12.6. The van der Waals surface area contributed by atoms with E-state index in [-0.39, 0.29) is 5.75 Å². The summed E-state index contributed by atoms with van der Waals surface area (Å²) >= 11 is 1.60. The Kier molecular flexibility index (Phi) is 2.74. The molecule has 0 radical (unpaired) electrons. The van der Waals surface area contributed by atoms with E-state index < -0.39 is 10.5 Å². The first-order chi connectivity index (χ1) is 10.5. The van der Waals surface area contributed by atoms with Gasteiger partial charge in [-0.3, -0.25) is 0 Å². The monoisotopic (exact) mass is 311 g/mol. The first-order valence-corrected chi connectivity index (χ1v) is 7.70. The second kappa shape index (κ2) is 4.55. The first kappa shape index (κ1) is 13.3. The topological polar surface area (TPSA) is 62.5 Å². The Bertz CT molecular complexity index is 923. The molecule has 0 aliphatic carbocycles. The number of hydrogen-bond acceptors (Lipinski definition) is 5. The van der Waals surface area contributed by atoms with Crippen LogP contribution in [0.2, 0.25) is 0 Å². The number of thioether (sulfide) groups is 1. The number of anilines is 1. The van der Waals surface area contributed by atoms with E-state index in [2.05, 4.69) is 5.32 Å². The molecule has 0 saturated heterocycles. The quantitative estimate of drug-likeness (QED) is 0.668. The lowest BCUT2D eigenvalue weighted by Gasteiger charge is -2.23. The lowest BCUT2D eigenvalue weighted by molar-refractivity contribution is 0.472. The average Bonchev–Trinajstić information content (AvgIpc) is 2.83. The van der Waals surface area contributed by atoms with Crippen molar-refractivity contribution in [2.24, 2.45) is 0 Å². The van der Waals surface area contributed by atoms with Gasteiger partial charge in [-0.15, -0.1) is 0 Å². The van der Waals surface area contributed by atoms with E-state index in [0.29, 0.717) is 11.1 Å². The molecule has 0 amide bonds. The Balaban J connectivity index is 1.87. The van der Waals surface area contributed by atoms with Gasteiger partial charge in [-0.1, -0.05) is 23.9 Å². The van der Waals surface area contributed by atoms with Crippen LogP contribution < -0.4 is 10.9 Å². The molecule has 22 heavy (non-hydrogen) atoms. The summed E-state index contributed by atoms with van der Waals surface area (Å²) in [5, 5.41) is 13.7. The maximum Gasteiger partial charge on any atom is 0.342 e. The maximum atomic E-state index is 12.4. The molecule has 4 rings (SSSR count). The van der Waals surface area contributed by atoms with Crippen molar-refractivity contribution < 1.29 is 9.52 Å². The summed E-state index contributed by atoms with van der Waals surface area (Å²) in [5.74, 6) is 0.0791. The third-order valence-corrected chi connectivity index (χ3v) is 5.11. The molecule has 2 heterocycles. The number of hydrogen-bond donors (Lipinski definition) is 2. The molecule has 2 aromatic carbocycles. The second-order valence-electron chi connectivity index (χ2n) is 5.43. The minimum Gasteiger partial charge on any atom is -0.508 e. The fourth-order valence-corrected chi connectivity index (χ4v) is 3.94. The maximum absolute atomic E-state index is 12.4. The number of phenols is 1. The van der Waals surface area contributed by atoms with Crippen LogP contribution in [0.1, 0.15) is 12.5 Å². The third-order valence-electron chi connectivity index (χ3n) is 3.81. The number of benzene rings is 2. The molecule has 5 heteroatoms. The van der Waals surface area contributed by atoms with Crippen molar-refractivity contribution >= 4 is 28.4 Å². The number of fused-ring (bicyclic) bond motifs is 2. The highest BCUT2D eigenvalue weighted by molar-refractivity contribution is 8.00. The van der Waals surface area contributed by atoms with Crippen LogP contribution in [0.4, 0.5) is 5.69 Å². The Morgan fingerprint density at radius 1 is 1.18 bits per heavy atom. The highest BCUT2D eigenvalue weighted by atomic mass is 32.2. The van der Waals surface area contributed by atoms with E-state index in [0.717, 1.165) is 16.0 Å². The summed E-state index contributed by atoms with van der Waals surface area (Å²) in [7, 11) is 0. The van der Waals surface area contributed by atoms with Crippen LogP contribution in [0.3, 0.4) is 0 Å². The van der Waals surface area contributed by atoms with Gasteiger partial charge in [0.2, 0.25) is 0 Å². The molecule has 2 N–H and O–H groups in total. The van der Waals surface area contributed by atoms with Crippen LogP contribution >= 0.6 is 11.8 Å². The van der Waals surface area contributed by atoms with Crippen molar-refractivity contribution in [2.45, 2.75) is 16.7 Å². The summed E-state index contributed by atoms with van der Waals surface area (Å²) in [4.78, 5) is 12.9. The minimum absolute atomic E-state index is 0.0791. The van der Waals surface area contributed by atoms with Gasteiger partial charge < -0.3 is 14.8 Å². The van der Waals surface area contributed by atoms with Gasteiger partial charge in [-0.25, -0.2) is 4.79 Å². The van der Waals surface area contributed by atoms with Gasteiger partial charge in [0.25, 0.3) is 0 Å². The number of phenolic OH excluding ortho intramolecular Hbond substituents is 1. The smallest absolute Gasteiger partial charge is 0.342 e. The predicted octanol–water partition coefficient (Wildman–Crippen LogP) is 3.89. The van der Waals surface area contributed by atoms with Crippen LogP contribution in [-0.4, -0.2) is 5.11 Å². The van der Waals surface area contributed by atoms with Crippen LogP contribution in [0.5, 0.6) is 5.75 Å². The van der Waals surface area contributed by atoms with E-state index >= 15 is 0 Å². The molecule has 0 bridgehead atoms. The summed E-state index contributed by atoms with van der Waals surface area (Å²) in [5.41, 5.74) is 1.57. The first-order valence-electron chi connectivity index (χ1n) is 6.89. The van der Waals surface area contributed by atoms with Gasteiger partial charge in [0, 0.05) is 22.0 Å².